The highest BCUT2D eigenvalue weighted by molar-refractivity contribution is 5.96. The van der Waals surface area contributed by atoms with Crippen LogP contribution in [-0.4, -0.2) is 45.0 Å². The number of hydrogen-bond acceptors (Lipinski definition) is 4. The summed E-state index contributed by atoms with van der Waals surface area (Å²) in [6, 6.07) is 0. The monoisotopic (exact) mass is 274 g/mol. The van der Waals surface area contributed by atoms with E-state index in [-0.39, 0.29) is 5.69 Å². The van der Waals surface area contributed by atoms with Crippen LogP contribution in [0.3, 0.4) is 0 Å². The van der Waals surface area contributed by atoms with Crippen molar-refractivity contribution in [1.29, 1.82) is 0 Å². The first kappa shape index (κ1) is 13.4. The van der Waals surface area contributed by atoms with Crippen LogP contribution >= 0.6 is 0 Å². The minimum atomic E-state index is -2.69. The van der Waals surface area contributed by atoms with Crippen molar-refractivity contribution in [3.8, 4) is 0 Å². The summed E-state index contributed by atoms with van der Waals surface area (Å²) >= 11 is 0. The van der Waals surface area contributed by atoms with Gasteiger partial charge < -0.3 is 4.90 Å². The van der Waals surface area contributed by atoms with E-state index in [1.54, 1.807) is 0 Å². The standard InChI is InChI=1S/C10H12F2N4O3/c11-8(12)6-15-5-7(16(18)19)9(13-15)10(17)14-3-1-2-4-14/h5,8H,1-4,6H2. The summed E-state index contributed by atoms with van der Waals surface area (Å²) in [6.07, 6.45) is -0.154. The maximum atomic E-state index is 12.2. The number of aromatic nitrogens is 2. The number of nitro groups is 1. The van der Waals surface area contributed by atoms with Gasteiger partial charge in [-0.2, -0.15) is 5.10 Å². The molecule has 0 N–H and O–H groups in total. The van der Waals surface area contributed by atoms with Crippen molar-refractivity contribution >= 4 is 11.6 Å². The SMILES string of the molecule is O=C(c1nn(CC(F)F)cc1[N+](=O)[O-])N1CCCC1. The number of nitrogens with zero attached hydrogens (tertiary/aromatic N) is 4. The van der Waals surface area contributed by atoms with Gasteiger partial charge in [0, 0.05) is 13.1 Å². The topological polar surface area (TPSA) is 81.3 Å². The van der Waals surface area contributed by atoms with Crippen LogP contribution in [0.2, 0.25) is 0 Å². The Morgan fingerprint density at radius 3 is 2.63 bits per heavy atom. The first-order chi connectivity index (χ1) is 8.99. The lowest BCUT2D eigenvalue weighted by Crippen LogP contribution is -2.28. The number of rotatable bonds is 4. The first-order valence-electron chi connectivity index (χ1n) is 5.78. The summed E-state index contributed by atoms with van der Waals surface area (Å²) < 4.78 is 25.2. The minimum Gasteiger partial charge on any atom is -0.337 e. The van der Waals surface area contributed by atoms with Gasteiger partial charge in [-0.05, 0) is 12.8 Å². The number of alkyl halides is 2. The third-order valence-corrected chi connectivity index (χ3v) is 2.86. The highest BCUT2D eigenvalue weighted by Gasteiger charge is 2.30. The summed E-state index contributed by atoms with van der Waals surface area (Å²) in [5.74, 6) is -0.572. The van der Waals surface area contributed by atoms with Gasteiger partial charge in [0.2, 0.25) is 5.69 Å². The Balaban J connectivity index is 2.28. The Morgan fingerprint density at radius 2 is 2.11 bits per heavy atom. The summed E-state index contributed by atoms with van der Waals surface area (Å²) in [5, 5.41) is 14.5. The molecule has 0 saturated carbocycles. The zero-order chi connectivity index (χ0) is 14.0. The Kier molecular flexibility index (Phi) is 3.72. The summed E-state index contributed by atoms with van der Waals surface area (Å²) in [7, 11) is 0. The molecule has 19 heavy (non-hydrogen) atoms. The molecule has 0 radical (unpaired) electrons. The molecule has 0 bridgehead atoms. The lowest BCUT2D eigenvalue weighted by molar-refractivity contribution is -0.385. The number of carbonyl (C=O) groups excluding carboxylic acids is 1. The highest BCUT2D eigenvalue weighted by Crippen LogP contribution is 2.21. The zero-order valence-corrected chi connectivity index (χ0v) is 9.96. The second-order valence-electron chi connectivity index (χ2n) is 4.23. The number of hydrogen-bond donors (Lipinski definition) is 0. The van der Waals surface area contributed by atoms with Gasteiger partial charge in [0.25, 0.3) is 12.3 Å². The summed E-state index contributed by atoms with van der Waals surface area (Å²) in [6.45, 7) is 0.253. The quantitative estimate of drug-likeness (QED) is 0.612. The average Bonchev–Trinajstić information content (AvgIpc) is 2.94. The molecule has 1 aliphatic heterocycles. The van der Waals surface area contributed by atoms with Crippen LogP contribution in [0.4, 0.5) is 14.5 Å². The van der Waals surface area contributed by atoms with Gasteiger partial charge in [-0.25, -0.2) is 8.78 Å². The van der Waals surface area contributed by atoms with E-state index in [2.05, 4.69) is 5.10 Å². The largest absolute Gasteiger partial charge is 0.337 e. The normalized spacial score (nSPS) is 15.2. The van der Waals surface area contributed by atoms with E-state index in [1.807, 2.05) is 0 Å². The van der Waals surface area contributed by atoms with Crippen LogP contribution in [0.15, 0.2) is 6.20 Å². The predicted octanol–water partition coefficient (Wildman–Crippen LogP) is 1.29. The van der Waals surface area contributed by atoms with Crippen LogP contribution in [0.25, 0.3) is 0 Å². The lowest BCUT2D eigenvalue weighted by Gasteiger charge is -2.12. The van der Waals surface area contributed by atoms with Gasteiger partial charge in [0.05, 0.1) is 4.92 Å². The maximum absolute atomic E-state index is 12.2. The number of carbonyl (C=O) groups is 1. The molecule has 1 aliphatic rings. The Morgan fingerprint density at radius 1 is 1.47 bits per heavy atom. The Labute approximate surface area is 106 Å². The van der Waals surface area contributed by atoms with E-state index in [0.717, 1.165) is 23.7 Å². The first-order valence-corrected chi connectivity index (χ1v) is 5.78. The van der Waals surface area contributed by atoms with Gasteiger partial charge in [0.15, 0.2) is 0 Å². The molecule has 1 aromatic rings. The number of likely N-dealkylation sites (tertiary alicyclic amines) is 1. The predicted molar refractivity (Wildman–Crippen MR) is 60.0 cm³/mol. The molecule has 1 saturated heterocycles. The smallest absolute Gasteiger partial charge is 0.320 e. The van der Waals surface area contributed by atoms with Gasteiger partial charge in [-0.3, -0.25) is 19.6 Å². The van der Waals surface area contributed by atoms with Crippen molar-refractivity contribution < 1.29 is 18.5 Å². The lowest BCUT2D eigenvalue weighted by atomic mass is 10.3. The Bertz CT molecular complexity index is 497. The van der Waals surface area contributed by atoms with Crippen molar-refractivity contribution in [2.75, 3.05) is 13.1 Å². The van der Waals surface area contributed by atoms with Gasteiger partial charge >= 0.3 is 5.69 Å². The molecule has 104 valence electrons. The zero-order valence-electron chi connectivity index (χ0n) is 9.96. The fourth-order valence-electron chi connectivity index (χ4n) is 2.00. The summed E-state index contributed by atoms with van der Waals surface area (Å²) in [4.78, 5) is 23.5. The van der Waals surface area contributed by atoms with Crippen LogP contribution in [0.1, 0.15) is 23.3 Å². The fraction of sp³-hybridized carbons (Fsp3) is 0.600. The van der Waals surface area contributed by atoms with Crippen LogP contribution < -0.4 is 0 Å². The molecule has 0 aliphatic carbocycles. The molecule has 0 spiro atoms. The van der Waals surface area contributed by atoms with Crippen LogP contribution in [0, 0.1) is 10.1 Å². The van der Waals surface area contributed by atoms with E-state index < -0.39 is 29.5 Å². The maximum Gasteiger partial charge on any atom is 0.320 e. The molecular weight excluding hydrogens is 262 g/mol. The fourth-order valence-corrected chi connectivity index (χ4v) is 2.00. The van der Waals surface area contributed by atoms with Crippen LogP contribution in [-0.2, 0) is 6.54 Å². The van der Waals surface area contributed by atoms with Crippen molar-refractivity contribution in [3.63, 3.8) is 0 Å². The Hall–Kier alpha value is -2.06. The van der Waals surface area contributed by atoms with Gasteiger partial charge in [-0.15, -0.1) is 0 Å². The third-order valence-electron chi connectivity index (χ3n) is 2.86. The second kappa shape index (κ2) is 5.29. The van der Waals surface area contributed by atoms with Crippen molar-refractivity contribution in [2.45, 2.75) is 25.8 Å². The molecule has 0 aromatic carbocycles. The highest BCUT2D eigenvalue weighted by atomic mass is 19.3. The number of halogens is 2. The van der Waals surface area contributed by atoms with E-state index in [1.165, 1.54) is 4.90 Å². The van der Waals surface area contributed by atoms with Crippen molar-refractivity contribution in [1.82, 2.24) is 14.7 Å². The molecule has 1 fully saturated rings. The van der Waals surface area contributed by atoms with Crippen LogP contribution in [0.5, 0.6) is 0 Å². The van der Waals surface area contributed by atoms with Crippen molar-refractivity contribution in [3.05, 3.63) is 22.0 Å². The molecule has 0 unspecified atom stereocenters. The molecular formula is C10H12F2N4O3. The molecule has 1 amide bonds. The van der Waals surface area contributed by atoms with Gasteiger partial charge in [-0.1, -0.05) is 0 Å². The molecule has 2 rings (SSSR count). The minimum absolute atomic E-state index is 0.368. The van der Waals surface area contributed by atoms with E-state index in [9.17, 15) is 23.7 Å². The van der Waals surface area contributed by atoms with Crippen molar-refractivity contribution in [2.24, 2.45) is 0 Å². The molecule has 9 heteroatoms. The van der Waals surface area contributed by atoms with Gasteiger partial charge in [0.1, 0.15) is 12.7 Å². The molecule has 1 aromatic heterocycles. The molecule has 2 heterocycles. The number of amides is 1. The van der Waals surface area contributed by atoms with E-state index in [4.69, 9.17) is 0 Å². The molecule has 0 atom stereocenters. The van der Waals surface area contributed by atoms with E-state index >= 15 is 0 Å². The molecule has 7 nitrogen and oxygen atoms in total. The average molecular weight is 274 g/mol. The third kappa shape index (κ3) is 2.85. The second-order valence-corrected chi connectivity index (χ2v) is 4.23. The van der Waals surface area contributed by atoms with E-state index in [0.29, 0.717) is 13.1 Å². The summed E-state index contributed by atoms with van der Waals surface area (Å²) in [5.41, 5.74) is -0.898.